The fourth-order valence-electron chi connectivity index (χ4n) is 3.87. The smallest absolute Gasteiger partial charge is 0.191 e. The lowest BCUT2D eigenvalue weighted by Gasteiger charge is -2.27. The lowest BCUT2D eigenvalue weighted by Crippen LogP contribution is -2.42. The summed E-state index contributed by atoms with van der Waals surface area (Å²) in [7, 11) is 3.47. The Kier molecular flexibility index (Phi) is 7.22. The summed E-state index contributed by atoms with van der Waals surface area (Å²) < 4.78 is 7.09. The van der Waals surface area contributed by atoms with E-state index in [-0.39, 0.29) is 0 Å². The maximum atomic E-state index is 5.22. The lowest BCUT2D eigenvalue weighted by atomic mass is 10.2. The monoisotopic (exact) mass is 438 g/mol. The zero-order chi connectivity index (χ0) is 21.5. The van der Waals surface area contributed by atoms with E-state index < -0.39 is 0 Å². The van der Waals surface area contributed by atoms with Gasteiger partial charge in [-0.3, -0.25) is 9.89 Å². The van der Waals surface area contributed by atoms with Crippen molar-refractivity contribution < 1.29 is 4.74 Å². The number of benzene rings is 1. The lowest BCUT2D eigenvalue weighted by molar-refractivity contribution is 0.249. The fraction of sp³-hybridized carbons (Fsp3) is 0.391. The van der Waals surface area contributed by atoms with Gasteiger partial charge in [-0.1, -0.05) is 6.07 Å². The number of guanidine groups is 1. The molecule has 2 N–H and O–H groups in total. The van der Waals surface area contributed by atoms with E-state index in [1.807, 2.05) is 52.5 Å². The minimum absolute atomic E-state index is 0.385. The van der Waals surface area contributed by atoms with Gasteiger partial charge < -0.3 is 15.4 Å². The highest BCUT2D eigenvalue weighted by Crippen LogP contribution is 2.27. The highest BCUT2D eigenvalue weighted by atomic mass is 32.1. The maximum Gasteiger partial charge on any atom is 0.191 e. The Labute approximate surface area is 187 Å². The maximum absolute atomic E-state index is 5.22. The molecule has 1 aliphatic heterocycles. The van der Waals surface area contributed by atoms with Crippen LogP contribution in [0.3, 0.4) is 0 Å². The first kappa shape index (κ1) is 21.4. The molecule has 0 amide bonds. The molecule has 1 saturated heterocycles. The average molecular weight is 439 g/mol. The van der Waals surface area contributed by atoms with Crippen molar-refractivity contribution in [2.45, 2.75) is 25.4 Å². The zero-order valence-corrected chi connectivity index (χ0v) is 18.9. The van der Waals surface area contributed by atoms with Gasteiger partial charge in [0.25, 0.3) is 0 Å². The highest BCUT2D eigenvalue weighted by molar-refractivity contribution is 7.10. The van der Waals surface area contributed by atoms with Gasteiger partial charge >= 0.3 is 0 Å². The van der Waals surface area contributed by atoms with E-state index in [1.54, 1.807) is 14.2 Å². The summed E-state index contributed by atoms with van der Waals surface area (Å²) >= 11 is 1.83. The normalized spacial score (nSPS) is 15.7. The van der Waals surface area contributed by atoms with E-state index >= 15 is 0 Å². The Morgan fingerprint density at radius 3 is 2.65 bits per heavy atom. The number of rotatable bonds is 8. The molecule has 2 aromatic heterocycles. The van der Waals surface area contributed by atoms with Crippen molar-refractivity contribution in [2.24, 2.45) is 4.99 Å². The first-order valence-corrected chi connectivity index (χ1v) is 11.6. The third kappa shape index (κ3) is 5.45. The molecule has 1 unspecified atom stereocenters. The topological polar surface area (TPSA) is 66.7 Å². The van der Waals surface area contributed by atoms with Gasteiger partial charge in [-0.15, -0.1) is 11.3 Å². The summed E-state index contributed by atoms with van der Waals surface area (Å²) in [4.78, 5) is 8.38. The molecule has 31 heavy (non-hydrogen) atoms. The van der Waals surface area contributed by atoms with E-state index in [1.165, 1.54) is 30.8 Å². The Bertz CT molecular complexity index is 960. The van der Waals surface area contributed by atoms with E-state index in [9.17, 15) is 0 Å². The van der Waals surface area contributed by atoms with Crippen molar-refractivity contribution >= 4 is 17.3 Å². The summed E-state index contributed by atoms with van der Waals surface area (Å²) in [6, 6.07) is 14.6. The third-order valence-corrected chi connectivity index (χ3v) is 6.53. The molecule has 3 heterocycles. The molecular formula is C23H30N6OS. The van der Waals surface area contributed by atoms with Gasteiger partial charge in [-0.05, 0) is 67.7 Å². The molecule has 0 spiro atoms. The standard InChI is InChI=1S/C23H30N6OS/c1-24-23(26-17-21(22-6-5-15-31-22)28-12-3-4-13-28)25-16-18-11-14-29(27-18)19-7-9-20(30-2)10-8-19/h5-11,14-15,21H,3-4,12-13,16-17H2,1-2H3,(H2,24,25,26). The Morgan fingerprint density at radius 2 is 1.97 bits per heavy atom. The summed E-state index contributed by atoms with van der Waals surface area (Å²) in [5, 5.41) is 13.7. The zero-order valence-electron chi connectivity index (χ0n) is 18.1. The van der Waals surface area contributed by atoms with Gasteiger partial charge in [0.1, 0.15) is 5.75 Å². The van der Waals surface area contributed by atoms with Crippen LogP contribution < -0.4 is 15.4 Å². The quantitative estimate of drug-likeness (QED) is 0.417. The molecule has 4 rings (SSSR count). The number of nitrogens with zero attached hydrogens (tertiary/aromatic N) is 4. The molecular weight excluding hydrogens is 408 g/mol. The molecule has 0 aliphatic carbocycles. The minimum atomic E-state index is 0.385. The van der Waals surface area contributed by atoms with Gasteiger partial charge in [0, 0.05) is 24.7 Å². The molecule has 1 atom stereocenters. The number of hydrogen-bond donors (Lipinski definition) is 2. The Morgan fingerprint density at radius 1 is 1.16 bits per heavy atom. The van der Waals surface area contributed by atoms with Crippen LogP contribution in [-0.2, 0) is 6.54 Å². The molecule has 1 aromatic carbocycles. The van der Waals surface area contributed by atoms with Crippen LogP contribution in [0.15, 0.2) is 59.0 Å². The van der Waals surface area contributed by atoms with E-state index in [0.29, 0.717) is 12.6 Å². The van der Waals surface area contributed by atoms with Crippen molar-refractivity contribution in [3.8, 4) is 11.4 Å². The van der Waals surface area contributed by atoms with Crippen molar-refractivity contribution in [1.82, 2.24) is 25.3 Å². The van der Waals surface area contributed by atoms with Crippen LogP contribution >= 0.6 is 11.3 Å². The summed E-state index contributed by atoms with van der Waals surface area (Å²) in [6.07, 6.45) is 4.53. The molecule has 0 bridgehead atoms. The molecule has 8 heteroatoms. The average Bonchev–Trinajstić information content (AvgIpc) is 3.59. The van der Waals surface area contributed by atoms with Gasteiger partial charge in [-0.2, -0.15) is 5.10 Å². The van der Waals surface area contributed by atoms with Crippen molar-refractivity contribution in [1.29, 1.82) is 0 Å². The number of likely N-dealkylation sites (tertiary alicyclic amines) is 1. The Balaban J connectivity index is 1.32. The fourth-order valence-corrected chi connectivity index (χ4v) is 4.73. The third-order valence-electron chi connectivity index (χ3n) is 5.56. The summed E-state index contributed by atoms with van der Waals surface area (Å²) in [5.74, 6) is 1.63. The van der Waals surface area contributed by atoms with Gasteiger partial charge in [0.05, 0.1) is 31.1 Å². The first-order chi connectivity index (χ1) is 15.3. The summed E-state index contributed by atoms with van der Waals surface area (Å²) in [6.45, 7) is 3.77. The second-order valence-electron chi connectivity index (χ2n) is 7.53. The van der Waals surface area contributed by atoms with Crippen LogP contribution in [-0.4, -0.2) is 54.4 Å². The number of aromatic nitrogens is 2. The number of methoxy groups -OCH3 is 1. The van der Waals surface area contributed by atoms with Crippen LogP contribution in [0.1, 0.15) is 29.5 Å². The molecule has 7 nitrogen and oxygen atoms in total. The molecule has 0 saturated carbocycles. The van der Waals surface area contributed by atoms with Crippen LogP contribution in [0.5, 0.6) is 5.75 Å². The van der Waals surface area contributed by atoms with Crippen LogP contribution in [0.2, 0.25) is 0 Å². The molecule has 3 aromatic rings. The van der Waals surface area contributed by atoms with Crippen molar-refractivity contribution in [3.63, 3.8) is 0 Å². The second kappa shape index (κ2) is 10.5. The predicted octanol–water partition coefficient (Wildman–Crippen LogP) is 3.44. The van der Waals surface area contributed by atoms with Crippen molar-refractivity contribution in [2.75, 3.05) is 33.8 Å². The molecule has 164 valence electrons. The number of aliphatic imine (C=N–C) groups is 1. The van der Waals surface area contributed by atoms with Crippen LogP contribution in [0, 0.1) is 0 Å². The van der Waals surface area contributed by atoms with Crippen molar-refractivity contribution in [3.05, 3.63) is 64.6 Å². The highest BCUT2D eigenvalue weighted by Gasteiger charge is 2.24. The number of hydrogen-bond acceptors (Lipinski definition) is 5. The molecule has 1 aliphatic rings. The minimum Gasteiger partial charge on any atom is -0.497 e. The van der Waals surface area contributed by atoms with Gasteiger partial charge in [0.15, 0.2) is 5.96 Å². The molecule has 1 fully saturated rings. The Hall–Kier alpha value is -2.84. The molecule has 0 radical (unpaired) electrons. The van der Waals surface area contributed by atoms with E-state index in [2.05, 4.69) is 43.1 Å². The largest absolute Gasteiger partial charge is 0.497 e. The van der Waals surface area contributed by atoms with E-state index in [4.69, 9.17) is 4.74 Å². The number of nitrogens with one attached hydrogen (secondary N) is 2. The van der Waals surface area contributed by atoms with Crippen LogP contribution in [0.25, 0.3) is 5.69 Å². The number of thiophene rings is 1. The van der Waals surface area contributed by atoms with Gasteiger partial charge in [-0.25, -0.2) is 4.68 Å². The summed E-state index contributed by atoms with van der Waals surface area (Å²) in [5.41, 5.74) is 1.95. The van der Waals surface area contributed by atoms with E-state index in [0.717, 1.165) is 29.6 Å². The first-order valence-electron chi connectivity index (χ1n) is 10.7. The SMILES string of the molecule is CN=C(NCc1ccn(-c2ccc(OC)cc2)n1)NCC(c1cccs1)N1CCCC1. The van der Waals surface area contributed by atoms with Crippen LogP contribution in [0.4, 0.5) is 0 Å². The number of ether oxygens (including phenoxy) is 1. The second-order valence-corrected chi connectivity index (χ2v) is 8.51. The van der Waals surface area contributed by atoms with Gasteiger partial charge in [0.2, 0.25) is 0 Å². The predicted molar refractivity (Wildman–Crippen MR) is 126 cm³/mol.